The van der Waals surface area contributed by atoms with E-state index in [1.54, 1.807) is 11.8 Å². The van der Waals surface area contributed by atoms with Crippen LogP contribution in [0.5, 0.6) is 0 Å². The number of amides is 1. The van der Waals surface area contributed by atoms with Crippen LogP contribution in [0.3, 0.4) is 0 Å². The standard InChI is InChI=1S/C15H28N2O3S.ClH/c1-4-17(12(3)11-21(19,20)5-2)14(18)13-10-15(13)6-8-16-9-7-15;/h12-13,16H,4-11H2,1-3H3;1H. The molecule has 1 saturated carbocycles. The van der Waals surface area contributed by atoms with Gasteiger partial charge in [0.25, 0.3) is 0 Å². The second-order valence-corrected chi connectivity index (χ2v) is 8.94. The van der Waals surface area contributed by atoms with Crippen LogP contribution in [-0.4, -0.2) is 56.4 Å². The van der Waals surface area contributed by atoms with Crippen LogP contribution >= 0.6 is 12.4 Å². The molecule has 2 rings (SSSR count). The van der Waals surface area contributed by atoms with Gasteiger partial charge in [-0.1, -0.05) is 6.92 Å². The van der Waals surface area contributed by atoms with Crippen LogP contribution in [0.1, 0.15) is 40.0 Å². The van der Waals surface area contributed by atoms with Crippen molar-refractivity contribution in [2.75, 3.05) is 31.1 Å². The molecule has 0 aromatic carbocycles. The van der Waals surface area contributed by atoms with Crippen molar-refractivity contribution in [3.05, 3.63) is 0 Å². The summed E-state index contributed by atoms with van der Waals surface area (Å²) >= 11 is 0. The van der Waals surface area contributed by atoms with Gasteiger partial charge in [-0.15, -0.1) is 12.4 Å². The number of sulfone groups is 1. The highest BCUT2D eigenvalue weighted by molar-refractivity contribution is 7.91. The van der Waals surface area contributed by atoms with E-state index in [9.17, 15) is 13.2 Å². The Morgan fingerprint density at radius 1 is 1.32 bits per heavy atom. The minimum absolute atomic E-state index is 0. The van der Waals surface area contributed by atoms with Crippen LogP contribution in [0, 0.1) is 11.3 Å². The minimum atomic E-state index is -3.05. The van der Waals surface area contributed by atoms with E-state index in [0.717, 1.165) is 32.4 Å². The summed E-state index contributed by atoms with van der Waals surface area (Å²) in [6, 6.07) is -0.230. The third kappa shape index (κ3) is 4.15. The predicted molar refractivity (Wildman–Crippen MR) is 91.1 cm³/mol. The zero-order valence-corrected chi connectivity index (χ0v) is 15.4. The Labute approximate surface area is 140 Å². The summed E-state index contributed by atoms with van der Waals surface area (Å²) < 4.78 is 23.6. The first-order chi connectivity index (χ1) is 9.85. The van der Waals surface area contributed by atoms with Crippen LogP contribution in [-0.2, 0) is 14.6 Å². The molecule has 2 fully saturated rings. The summed E-state index contributed by atoms with van der Waals surface area (Å²) in [5.74, 6) is 0.497. The van der Waals surface area contributed by atoms with Gasteiger partial charge in [0.05, 0.1) is 5.75 Å². The van der Waals surface area contributed by atoms with E-state index in [2.05, 4.69) is 5.32 Å². The first-order valence-electron chi connectivity index (χ1n) is 8.07. The van der Waals surface area contributed by atoms with Crippen molar-refractivity contribution in [1.29, 1.82) is 0 Å². The van der Waals surface area contributed by atoms with Crippen molar-refractivity contribution in [2.45, 2.75) is 46.1 Å². The van der Waals surface area contributed by atoms with Gasteiger partial charge < -0.3 is 10.2 Å². The van der Waals surface area contributed by atoms with Gasteiger partial charge in [-0.05, 0) is 51.6 Å². The second kappa shape index (κ2) is 7.49. The second-order valence-electron chi connectivity index (χ2n) is 6.54. The molecule has 22 heavy (non-hydrogen) atoms. The zero-order chi connectivity index (χ0) is 15.7. The number of carbonyl (C=O) groups excluding carboxylic acids is 1. The van der Waals surface area contributed by atoms with Crippen molar-refractivity contribution in [2.24, 2.45) is 11.3 Å². The lowest BCUT2D eigenvalue weighted by molar-refractivity contribution is -0.135. The molecule has 1 spiro atoms. The van der Waals surface area contributed by atoms with Gasteiger partial charge in [-0.2, -0.15) is 0 Å². The Morgan fingerprint density at radius 2 is 1.91 bits per heavy atom. The van der Waals surface area contributed by atoms with Gasteiger partial charge in [-0.25, -0.2) is 8.42 Å². The Bertz CT molecular complexity index is 489. The van der Waals surface area contributed by atoms with E-state index >= 15 is 0 Å². The molecule has 0 radical (unpaired) electrons. The number of halogens is 1. The molecule has 2 atom stereocenters. The van der Waals surface area contributed by atoms with Crippen LogP contribution in [0.25, 0.3) is 0 Å². The SMILES string of the molecule is CCN(C(=O)C1CC12CCNCC2)C(C)CS(=O)(=O)CC.Cl. The molecule has 0 bridgehead atoms. The maximum atomic E-state index is 12.7. The molecule has 0 aromatic heterocycles. The van der Waals surface area contributed by atoms with Crippen LogP contribution in [0.4, 0.5) is 0 Å². The first-order valence-corrected chi connectivity index (χ1v) is 9.89. The van der Waals surface area contributed by atoms with Gasteiger partial charge in [0.1, 0.15) is 0 Å². The third-order valence-corrected chi connectivity index (χ3v) is 7.05. The molecule has 1 amide bonds. The maximum absolute atomic E-state index is 12.7. The third-order valence-electron chi connectivity index (χ3n) is 5.18. The van der Waals surface area contributed by atoms with E-state index in [1.165, 1.54) is 0 Å². The molecule has 0 aromatic rings. The number of hydrogen-bond acceptors (Lipinski definition) is 4. The number of carbonyl (C=O) groups is 1. The number of rotatable bonds is 6. The van der Waals surface area contributed by atoms with Crippen LogP contribution < -0.4 is 5.32 Å². The normalized spacial score (nSPS) is 24.4. The van der Waals surface area contributed by atoms with Crippen molar-refractivity contribution in [3.8, 4) is 0 Å². The number of nitrogens with zero attached hydrogens (tertiary/aromatic N) is 1. The summed E-state index contributed by atoms with van der Waals surface area (Å²) in [5.41, 5.74) is 0.207. The Morgan fingerprint density at radius 3 is 2.41 bits per heavy atom. The molecule has 5 nitrogen and oxygen atoms in total. The summed E-state index contributed by atoms with van der Waals surface area (Å²) in [6.45, 7) is 8.02. The van der Waals surface area contributed by atoms with Crippen molar-refractivity contribution in [1.82, 2.24) is 10.2 Å². The number of nitrogens with one attached hydrogen (secondary N) is 1. The van der Waals surface area contributed by atoms with Gasteiger partial charge in [0, 0.05) is 24.3 Å². The van der Waals surface area contributed by atoms with E-state index in [1.807, 2.05) is 13.8 Å². The molecule has 2 unspecified atom stereocenters. The molecule has 1 saturated heterocycles. The molecular weight excluding hydrogens is 324 g/mol. The highest BCUT2D eigenvalue weighted by atomic mass is 35.5. The highest BCUT2D eigenvalue weighted by Gasteiger charge is 2.58. The van der Waals surface area contributed by atoms with Crippen molar-refractivity contribution >= 4 is 28.2 Å². The molecular formula is C15H29ClN2O3S. The average Bonchev–Trinajstić information content (AvgIpc) is 3.13. The van der Waals surface area contributed by atoms with E-state index in [-0.39, 0.29) is 47.2 Å². The molecule has 2 aliphatic rings. The van der Waals surface area contributed by atoms with Gasteiger partial charge in [0.2, 0.25) is 5.91 Å². The molecule has 130 valence electrons. The quantitative estimate of drug-likeness (QED) is 0.786. The smallest absolute Gasteiger partial charge is 0.226 e. The first kappa shape index (κ1) is 19.7. The van der Waals surface area contributed by atoms with E-state index in [0.29, 0.717) is 6.54 Å². The Balaban J connectivity index is 0.00000242. The number of piperidine rings is 1. The molecule has 1 aliphatic heterocycles. The van der Waals surface area contributed by atoms with E-state index in [4.69, 9.17) is 0 Å². The summed E-state index contributed by atoms with van der Waals surface area (Å²) in [7, 11) is -3.05. The fourth-order valence-corrected chi connectivity index (χ4v) is 4.78. The highest BCUT2D eigenvalue weighted by Crippen LogP contribution is 2.59. The Hall–Kier alpha value is -0.330. The largest absolute Gasteiger partial charge is 0.339 e. The number of hydrogen-bond donors (Lipinski definition) is 1. The predicted octanol–water partition coefficient (Wildman–Crippen LogP) is 1.47. The molecule has 7 heteroatoms. The lowest BCUT2D eigenvalue weighted by Crippen LogP contribution is -2.44. The maximum Gasteiger partial charge on any atom is 0.226 e. The lowest BCUT2D eigenvalue weighted by atomic mass is 9.91. The van der Waals surface area contributed by atoms with Crippen LogP contribution in [0.2, 0.25) is 0 Å². The van der Waals surface area contributed by atoms with Crippen molar-refractivity contribution in [3.63, 3.8) is 0 Å². The Kier molecular flexibility index (Phi) is 6.72. The van der Waals surface area contributed by atoms with Crippen LogP contribution in [0.15, 0.2) is 0 Å². The monoisotopic (exact) mass is 352 g/mol. The fourth-order valence-electron chi connectivity index (χ4n) is 3.63. The van der Waals surface area contributed by atoms with Crippen molar-refractivity contribution < 1.29 is 13.2 Å². The molecule has 1 N–H and O–H groups in total. The summed E-state index contributed by atoms with van der Waals surface area (Å²) in [5, 5.41) is 3.34. The summed E-state index contributed by atoms with van der Waals surface area (Å²) in [6.07, 6.45) is 3.13. The topological polar surface area (TPSA) is 66.5 Å². The van der Waals surface area contributed by atoms with Gasteiger partial charge in [0.15, 0.2) is 9.84 Å². The lowest BCUT2D eigenvalue weighted by Gasteiger charge is -2.30. The van der Waals surface area contributed by atoms with E-state index < -0.39 is 9.84 Å². The molecule has 1 aliphatic carbocycles. The summed E-state index contributed by atoms with van der Waals surface area (Å²) in [4.78, 5) is 14.5. The minimum Gasteiger partial charge on any atom is -0.339 e. The van der Waals surface area contributed by atoms with Gasteiger partial charge >= 0.3 is 0 Å². The average molecular weight is 353 g/mol. The van der Waals surface area contributed by atoms with Gasteiger partial charge in [-0.3, -0.25) is 4.79 Å². The molecule has 1 heterocycles. The zero-order valence-electron chi connectivity index (χ0n) is 13.8. The fraction of sp³-hybridized carbons (Fsp3) is 0.933.